The van der Waals surface area contributed by atoms with E-state index in [2.05, 4.69) is 15.5 Å². The Morgan fingerprint density at radius 2 is 2.09 bits per heavy atom. The lowest BCUT2D eigenvalue weighted by Gasteiger charge is -2.00. The zero-order chi connectivity index (χ0) is 16.2. The molecule has 5 nitrogen and oxygen atoms in total. The van der Waals surface area contributed by atoms with Crippen molar-refractivity contribution in [3.8, 4) is 11.3 Å². The summed E-state index contributed by atoms with van der Waals surface area (Å²) in [5, 5.41) is 11.6. The third kappa shape index (κ3) is 3.81. The lowest BCUT2D eigenvalue weighted by Crippen LogP contribution is -2.11. The second-order valence-corrected chi connectivity index (χ2v) is 6.10. The molecule has 1 N–H and O–H groups in total. The fourth-order valence-electron chi connectivity index (χ4n) is 2.08. The van der Waals surface area contributed by atoms with E-state index in [4.69, 9.17) is 4.42 Å². The minimum absolute atomic E-state index is 0.162. The first-order valence-corrected chi connectivity index (χ1v) is 7.87. The number of carbonyl (C=O) groups is 1. The largest absolute Gasteiger partial charge is 0.461 e. The van der Waals surface area contributed by atoms with Crippen LogP contribution in [0.2, 0.25) is 0 Å². The van der Waals surface area contributed by atoms with Crippen molar-refractivity contribution in [2.45, 2.75) is 19.8 Å². The number of halogens is 1. The van der Waals surface area contributed by atoms with Crippen molar-refractivity contribution >= 4 is 22.4 Å². The fraction of sp³-hybridized carbons (Fsp3) is 0.188. The first-order valence-electron chi connectivity index (χ1n) is 7.05. The average Bonchev–Trinajstić information content (AvgIpc) is 3.15. The number of rotatable bonds is 5. The van der Waals surface area contributed by atoms with E-state index < -0.39 is 0 Å². The predicted molar refractivity (Wildman–Crippen MR) is 85.7 cm³/mol. The van der Waals surface area contributed by atoms with Gasteiger partial charge >= 0.3 is 0 Å². The van der Waals surface area contributed by atoms with Crippen LogP contribution < -0.4 is 5.32 Å². The van der Waals surface area contributed by atoms with Gasteiger partial charge in [-0.1, -0.05) is 23.5 Å². The molecule has 23 heavy (non-hydrogen) atoms. The lowest BCUT2D eigenvalue weighted by atomic mass is 10.1. The van der Waals surface area contributed by atoms with Crippen molar-refractivity contribution in [1.29, 1.82) is 0 Å². The monoisotopic (exact) mass is 331 g/mol. The summed E-state index contributed by atoms with van der Waals surface area (Å²) in [5.41, 5.74) is 0.410. The number of hydrogen-bond acceptors (Lipinski definition) is 5. The molecule has 3 rings (SSSR count). The van der Waals surface area contributed by atoms with Crippen LogP contribution in [-0.4, -0.2) is 16.1 Å². The van der Waals surface area contributed by atoms with Crippen molar-refractivity contribution in [3.05, 3.63) is 53.0 Å². The van der Waals surface area contributed by atoms with Gasteiger partial charge in [-0.25, -0.2) is 4.39 Å². The summed E-state index contributed by atoms with van der Waals surface area (Å²) in [6, 6.07) is 9.88. The summed E-state index contributed by atoms with van der Waals surface area (Å²) in [4.78, 5) is 11.9. The molecule has 0 aliphatic heterocycles. The predicted octanol–water partition coefficient (Wildman–Crippen LogP) is 3.82. The SMILES string of the molecule is Cc1nnc(NC(=O)CCc2ccc(-c3ccccc3F)o2)s1. The Morgan fingerprint density at radius 1 is 1.26 bits per heavy atom. The number of amides is 1. The maximum Gasteiger partial charge on any atom is 0.226 e. The number of aromatic nitrogens is 2. The number of nitrogens with zero attached hydrogens (tertiary/aromatic N) is 2. The van der Waals surface area contributed by atoms with E-state index in [-0.39, 0.29) is 18.1 Å². The molecule has 118 valence electrons. The summed E-state index contributed by atoms with van der Waals surface area (Å²) < 4.78 is 19.3. The first-order chi connectivity index (χ1) is 11.1. The van der Waals surface area contributed by atoms with Gasteiger partial charge in [-0.05, 0) is 31.2 Å². The van der Waals surface area contributed by atoms with Gasteiger partial charge in [0.1, 0.15) is 22.3 Å². The number of aryl methyl sites for hydroxylation is 2. The summed E-state index contributed by atoms with van der Waals surface area (Å²) in [5.74, 6) is 0.591. The zero-order valence-corrected chi connectivity index (χ0v) is 13.2. The van der Waals surface area contributed by atoms with Crippen molar-refractivity contribution in [2.75, 3.05) is 5.32 Å². The standard InChI is InChI=1S/C16H14FN3O2S/c1-10-19-20-16(23-10)18-15(21)9-7-11-6-8-14(22-11)12-4-2-3-5-13(12)17/h2-6,8H,7,9H2,1H3,(H,18,20,21). The Kier molecular flexibility index (Phi) is 4.47. The van der Waals surface area contributed by atoms with Gasteiger partial charge in [0, 0.05) is 12.8 Å². The van der Waals surface area contributed by atoms with Gasteiger partial charge in [-0.15, -0.1) is 10.2 Å². The molecule has 0 atom stereocenters. The van der Waals surface area contributed by atoms with E-state index in [1.165, 1.54) is 17.4 Å². The number of furan rings is 1. The Bertz CT molecular complexity index is 828. The van der Waals surface area contributed by atoms with Gasteiger partial charge in [-0.3, -0.25) is 4.79 Å². The van der Waals surface area contributed by atoms with E-state index >= 15 is 0 Å². The molecule has 0 saturated carbocycles. The Labute approximate surface area is 136 Å². The van der Waals surface area contributed by atoms with Gasteiger partial charge in [0.05, 0.1) is 5.56 Å². The molecule has 0 aliphatic carbocycles. The van der Waals surface area contributed by atoms with Crippen LogP contribution in [0.5, 0.6) is 0 Å². The number of benzene rings is 1. The van der Waals surface area contributed by atoms with Gasteiger partial charge in [0.25, 0.3) is 0 Å². The van der Waals surface area contributed by atoms with Gasteiger partial charge < -0.3 is 9.73 Å². The lowest BCUT2D eigenvalue weighted by molar-refractivity contribution is -0.116. The molecule has 0 saturated heterocycles. The number of anilines is 1. The minimum Gasteiger partial charge on any atom is -0.461 e. The van der Waals surface area contributed by atoms with Crippen molar-refractivity contribution in [1.82, 2.24) is 10.2 Å². The van der Waals surface area contributed by atoms with Crippen LogP contribution >= 0.6 is 11.3 Å². The van der Waals surface area contributed by atoms with Gasteiger partial charge in [0.2, 0.25) is 11.0 Å². The van der Waals surface area contributed by atoms with E-state index in [0.29, 0.717) is 28.6 Å². The van der Waals surface area contributed by atoms with Crippen LogP contribution in [0.15, 0.2) is 40.8 Å². The fourth-order valence-corrected chi connectivity index (χ4v) is 2.69. The summed E-state index contributed by atoms with van der Waals surface area (Å²) in [6.45, 7) is 1.82. The second kappa shape index (κ2) is 6.70. The quantitative estimate of drug-likeness (QED) is 0.772. The average molecular weight is 331 g/mol. The molecular formula is C16H14FN3O2S. The molecule has 3 aromatic rings. The maximum atomic E-state index is 13.7. The minimum atomic E-state index is -0.335. The molecule has 1 amide bonds. The summed E-state index contributed by atoms with van der Waals surface area (Å²) >= 11 is 1.32. The van der Waals surface area contributed by atoms with Crippen LogP contribution in [0.3, 0.4) is 0 Å². The Balaban J connectivity index is 1.59. The van der Waals surface area contributed by atoms with Crippen LogP contribution in [0.1, 0.15) is 17.2 Å². The topological polar surface area (TPSA) is 68.0 Å². The molecule has 0 radical (unpaired) electrons. The Morgan fingerprint density at radius 3 is 2.83 bits per heavy atom. The zero-order valence-electron chi connectivity index (χ0n) is 12.4. The molecule has 0 fully saturated rings. The smallest absolute Gasteiger partial charge is 0.226 e. The van der Waals surface area contributed by atoms with E-state index in [0.717, 1.165) is 5.01 Å². The van der Waals surface area contributed by atoms with Crippen LogP contribution in [0, 0.1) is 12.7 Å². The second-order valence-electron chi connectivity index (χ2n) is 4.92. The Hall–Kier alpha value is -2.54. The van der Waals surface area contributed by atoms with Crippen molar-refractivity contribution in [3.63, 3.8) is 0 Å². The summed E-state index contributed by atoms with van der Waals surface area (Å²) in [7, 11) is 0. The van der Waals surface area contributed by atoms with E-state index in [1.54, 1.807) is 30.3 Å². The highest BCUT2D eigenvalue weighted by Gasteiger charge is 2.11. The first kappa shape index (κ1) is 15.4. The third-order valence-corrected chi connectivity index (χ3v) is 3.93. The normalized spacial score (nSPS) is 10.7. The highest BCUT2D eigenvalue weighted by molar-refractivity contribution is 7.15. The molecule has 0 bridgehead atoms. The molecule has 1 aromatic carbocycles. The van der Waals surface area contributed by atoms with Crippen LogP contribution in [-0.2, 0) is 11.2 Å². The molecule has 0 spiro atoms. The molecule has 2 heterocycles. The maximum absolute atomic E-state index is 13.7. The van der Waals surface area contributed by atoms with Crippen molar-refractivity contribution < 1.29 is 13.6 Å². The molecular weight excluding hydrogens is 317 g/mol. The van der Waals surface area contributed by atoms with E-state index in [1.807, 2.05) is 6.92 Å². The third-order valence-electron chi connectivity index (χ3n) is 3.17. The number of hydrogen-bond donors (Lipinski definition) is 1. The van der Waals surface area contributed by atoms with Crippen LogP contribution in [0.4, 0.5) is 9.52 Å². The highest BCUT2D eigenvalue weighted by atomic mass is 32.1. The molecule has 7 heteroatoms. The number of nitrogens with one attached hydrogen (secondary N) is 1. The van der Waals surface area contributed by atoms with E-state index in [9.17, 15) is 9.18 Å². The van der Waals surface area contributed by atoms with Crippen molar-refractivity contribution in [2.24, 2.45) is 0 Å². The molecule has 2 aromatic heterocycles. The molecule has 0 aliphatic rings. The van der Waals surface area contributed by atoms with Gasteiger partial charge in [0.15, 0.2) is 0 Å². The highest BCUT2D eigenvalue weighted by Crippen LogP contribution is 2.25. The van der Waals surface area contributed by atoms with Gasteiger partial charge in [-0.2, -0.15) is 0 Å². The number of carbonyl (C=O) groups excluding carboxylic acids is 1. The van der Waals surface area contributed by atoms with Crippen LogP contribution in [0.25, 0.3) is 11.3 Å². The summed E-state index contributed by atoms with van der Waals surface area (Å²) in [6.07, 6.45) is 0.681. The molecule has 0 unspecified atom stereocenters.